The highest BCUT2D eigenvalue weighted by molar-refractivity contribution is 5.93. The van der Waals surface area contributed by atoms with E-state index in [4.69, 9.17) is 20.2 Å². The molecule has 5 heterocycles. The summed E-state index contributed by atoms with van der Waals surface area (Å²) in [6.07, 6.45) is 2.27. The maximum absolute atomic E-state index is 13.5. The number of aryl methyl sites for hydroxylation is 1. The van der Waals surface area contributed by atoms with Gasteiger partial charge in [0.1, 0.15) is 12.4 Å². The maximum atomic E-state index is 13.5. The monoisotopic (exact) mass is 603 g/mol. The number of fused-ring (bicyclic) bond motifs is 5. The highest BCUT2D eigenvalue weighted by Gasteiger charge is 2.45. The molecule has 12 nitrogen and oxygen atoms in total. The molecular formula is C32H37N5O7. The minimum absolute atomic E-state index is 0.0641. The van der Waals surface area contributed by atoms with Crippen molar-refractivity contribution in [2.75, 3.05) is 32.7 Å². The lowest BCUT2D eigenvalue weighted by Crippen LogP contribution is -2.51. The third-order valence-electron chi connectivity index (χ3n) is 9.03. The van der Waals surface area contributed by atoms with Crippen LogP contribution in [-0.2, 0) is 39.5 Å². The highest BCUT2D eigenvalue weighted by atomic mass is 16.6. The molecule has 0 spiro atoms. The van der Waals surface area contributed by atoms with E-state index < -0.39 is 17.7 Å². The first-order chi connectivity index (χ1) is 21.2. The van der Waals surface area contributed by atoms with Crippen molar-refractivity contribution in [3.05, 3.63) is 56.9 Å². The first kappa shape index (κ1) is 29.8. The molecule has 12 heteroatoms. The Labute approximate surface area is 254 Å². The van der Waals surface area contributed by atoms with Crippen LogP contribution in [0.4, 0.5) is 4.79 Å². The number of piperazine rings is 1. The van der Waals surface area contributed by atoms with Crippen molar-refractivity contribution in [1.29, 1.82) is 0 Å². The molecule has 6 rings (SSSR count). The largest absolute Gasteiger partial charge is 0.458 e. The van der Waals surface area contributed by atoms with E-state index in [-0.39, 0.29) is 42.2 Å². The average Bonchev–Trinajstić information content (AvgIpc) is 3.40. The summed E-state index contributed by atoms with van der Waals surface area (Å²) in [7, 11) is 0. The molecule has 0 bridgehead atoms. The number of unbranched alkanes of at least 4 members (excludes halogenated alkanes) is 1. The fourth-order valence-corrected chi connectivity index (χ4v) is 6.35. The summed E-state index contributed by atoms with van der Waals surface area (Å²) in [5, 5.41) is 11.8. The fourth-order valence-electron chi connectivity index (χ4n) is 6.35. The standard InChI is InChI=1S/C32H37N5O7/c1-3-19-8-9-25(44-31(41)36-13-11-35(12-14-36)26(38)7-5-6-10-33)21-15-20-17-37-24(28(20)34-27(19)21)16-23-22(29(37)39)18-43-30(40)32(23,42)4-2/h8-9,15-16,42H,3-7,10-14,17-18,33H2,1-2H3/t32-/m0/s1. The van der Waals surface area contributed by atoms with E-state index >= 15 is 0 Å². The number of aromatic nitrogens is 2. The van der Waals surface area contributed by atoms with Gasteiger partial charge in [0.2, 0.25) is 5.91 Å². The van der Waals surface area contributed by atoms with Crippen molar-refractivity contribution in [2.24, 2.45) is 5.73 Å². The van der Waals surface area contributed by atoms with Gasteiger partial charge in [0, 0.05) is 49.1 Å². The number of aliphatic hydroxyl groups is 1. The average molecular weight is 604 g/mol. The number of hydrogen-bond acceptors (Lipinski definition) is 9. The zero-order chi connectivity index (χ0) is 31.2. The maximum Gasteiger partial charge on any atom is 0.415 e. The number of benzene rings is 1. The van der Waals surface area contributed by atoms with E-state index in [0.29, 0.717) is 73.6 Å². The molecule has 0 unspecified atom stereocenters. The number of carbonyl (C=O) groups is 3. The summed E-state index contributed by atoms with van der Waals surface area (Å²) in [5.41, 5.74) is 7.27. The third-order valence-corrected chi connectivity index (χ3v) is 9.03. The Bertz CT molecular complexity index is 1730. The molecule has 0 aliphatic carbocycles. The van der Waals surface area contributed by atoms with Gasteiger partial charge in [-0.2, -0.15) is 0 Å². The van der Waals surface area contributed by atoms with Crippen LogP contribution in [0.3, 0.4) is 0 Å². The van der Waals surface area contributed by atoms with Gasteiger partial charge in [0.05, 0.1) is 29.0 Å². The van der Waals surface area contributed by atoms with Gasteiger partial charge in [-0.25, -0.2) is 14.6 Å². The predicted molar refractivity (Wildman–Crippen MR) is 161 cm³/mol. The van der Waals surface area contributed by atoms with Gasteiger partial charge in [-0.15, -0.1) is 0 Å². The molecule has 1 atom stereocenters. The lowest BCUT2D eigenvalue weighted by Gasteiger charge is -2.34. The summed E-state index contributed by atoms with van der Waals surface area (Å²) < 4.78 is 12.7. The molecule has 3 aliphatic rings. The number of rotatable bonds is 7. The molecule has 1 aromatic carbocycles. The molecule has 0 saturated carbocycles. The summed E-state index contributed by atoms with van der Waals surface area (Å²) in [4.78, 5) is 60.1. The molecule has 1 fully saturated rings. The van der Waals surface area contributed by atoms with Crippen LogP contribution in [0.25, 0.3) is 22.3 Å². The number of pyridine rings is 2. The van der Waals surface area contributed by atoms with Crippen molar-refractivity contribution in [3.63, 3.8) is 0 Å². The van der Waals surface area contributed by atoms with E-state index in [0.717, 1.165) is 24.0 Å². The predicted octanol–water partition coefficient (Wildman–Crippen LogP) is 2.41. The Hall–Kier alpha value is -4.29. The molecular weight excluding hydrogens is 566 g/mol. The lowest BCUT2D eigenvalue weighted by atomic mass is 9.86. The molecule has 232 valence electrons. The molecule has 3 N–H and O–H groups in total. The molecule has 1 saturated heterocycles. The van der Waals surface area contributed by atoms with Crippen molar-refractivity contribution in [1.82, 2.24) is 19.4 Å². The van der Waals surface area contributed by atoms with Gasteiger partial charge in [-0.3, -0.25) is 9.59 Å². The smallest absolute Gasteiger partial charge is 0.415 e. The number of nitrogens with two attached hydrogens (primary N) is 1. The molecule has 44 heavy (non-hydrogen) atoms. The zero-order valence-electron chi connectivity index (χ0n) is 25.1. The van der Waals surface area contributed by atoms with Gasteiger partial charge in [-0.05, 0) is 56.0 Å². The summed E-state index contributed by atoms with van der Waals surface area (Å²) in [5.74, 6) is -0.330. The summed E-state index contributed by atoms with van der Waals surface area (Å²) in [6, 6.07) is 7.23. The van der Waals surface area contributed by atoms with Crippen LogP contribution in [0.1, 0.15) is 61.8 Å². The Morgan fingerprint density at radius 2 is 1.84 bits per heavy atom. The second-order valence-corrected chi connectivity index (χ2v) is 11.6. The minimum Gasteiger partial charge on any atom is -0.458 e. The van der Waals surface area contributed by atoms with Crippen LogP contribution in [0.2, 0.25) is 0 Å². The van der Waals surface area contributed by atoms with Gasteiger partial charge in [0.25, 0.3) is 5.56 Å². The van der Waals surface area contributed by atoms with Crippen molar-refractivity contribution in [3.8, 4) is 17.1 Å². The Morgan fingerprint density at radius 3 is 2.55 bits per heavy atom. The number of carbonyl (C=O) groups excluding carboxylic acids is 3. The Balaban J connectivity index is 1.29. The normalized spacial score (nSPS) is 19.0. The van der Waals surface area contributed by atoms with E-state index in [2.05, 4.69) is 0 Å². The van der Waals surface area contributed by atoms with Crippen molar-refractivity contribution < 1.29 is 29.0 Å². The molecule has 2 amide bonds. The van der Waals surface area contributed by atoms with Crippen LogP contribution in [0, 0.1) is 0 Å². The first-order valence-corrected chi connectivity index (χ1v) is 15.3. The van der Waals surface area contributed by atoms with E-state index in [1.807, 2.05) is 19.1 Å². The zero-order valence-corrected chi connectivity index (χ0v) is 25.1. The third kappa shape index (κ3) is 4.91. The van der Waals surface area contributed by atoms with Gasteiger partial charge < -0.3 is 34.7 Å². The van der Waals surface area contributed by atoms with E-state index in [1.165, 1.54) is 0 Å². The number of ether oxygens (including phenoxy) is 2. The number of esters is 1. The van der Waals surface area contributed by atoms with Crippen molar-refractivity contribution in [2.45, 2.75) is 64.7 Å². The SMILES string of the molecule is CCc1ccc(OC(=O)N2CCN(C(=O)CCCCN)CC2)c2cc3c(nc12)-c1cc2c(c(=O)n1C3)COC(=O)[C@]2(O)CC. The first-order valence-electron chi connectivity index (χ1n) is 15.3. The molecule has 3 aromatic rings. The number of hydrogen-bond donors (Lipinski definition) is 2. The van der Waals surface area contributed by atoms with E-state index in [1.54, 1.807) is 33.4 Å². The second-order valence-electron chi connectivity index (χ2n) is 11.6. The Morgan fingerprint density at radius 1 is 1.09 bits per heavy atom. The fraction of sp³-hybridized carbons (Fsp3) is 0.469. The van der Waals surface area contributed by atoms with Crippen LogP contribution < -0.4 is 16.0 Å². The van der Waals surface area contributed by atoms with Gasteiger partial charge >= 0.3 is 12.1 Å². The van der Waals surface area contributed by atoms with Crippen molar-refractivity contribution >= 4 is 28.9 Å². The molecule has 0 radical (unpaired) electrons. The van der Waals surface area contributed by atoms with Gasteiger partial charge in [0.15, 0.2) is 5.60 Å². The van der Waals surface area contributed by atoms with Crippen LogP contribution >= 0.6 is 0 Å². The Kier molecular flexibility index (Phi) is 7.89. The lowest BCUT2D eigenvalue weighted by molar-refractivity contribution is -0.172. The van der Waals surface area contributed by atoms with Gasteiger partial charge in [-0.1, -0.05) is 19.9 Å². The molecule has 2 aromatic heterocycles. The number of cyclic esters (lactones) is 1. The highest BCUT2D eigenvalue weighted by Crippen LogP contribution is 2.40. The summed E-state index contributed by atoms with van der Waals surface area (Å²) >= 11 is 0. The van der Waals surface area contributed by atoms with Crippen LogP contribution in [0.15, 0.2) is 29.1 Å². The number of nitrogens with zero attached hydrogens (tertiary/aromatic N) is 4. The second kappa shape index (κ2) is 11.7. The van der Waals surface area contributed by atoms with E-state index in [9.17, 15) is 24.3 Å². The van der Waals surface area contributed by atoms with Crippen LogP contribution in [-0.4, -0.2) is 75.2 Å². The summed E-state index contributed by atoms with van der Waals surface area (Å²) in [6.45, 7) is 5.92. The van der Waals surface area contributed by atoms with Crippen LogP contribution in [0.5, 0.6) is 5.75 Å². The minimum atomic E-state index is -1.90. The topological polar surface area (TPSA) is 157 Å². The molecule has 3 aliphatic heterocycles. The number of amides is 2. The quantitative estimate of drug-likeness (QED) is 0.239.